The molecule has 0 spiro atoms. The second-order valence-electron chi connectivity index (χ2n) is 15.3. The number of anilines is 2. The maximum atomic E-state index is 15.5. The van der Waals surface area contributed by atoms with Crippen LogP contribution in [0.2, 0.25) is 0 Å². The fourth-order valence-electron chi connectivity index (χ4n) is 7.63. The van der Waals surface area contributed by atoms with Crippen LogP contribution in [0.15, 0.2) is 83.7 Å². The van der Waals surface area contributed by atoms with Crippen LogP contribution in [0.1, 0.15) is 58.6 Å². The molecule has 0 bridgehead atoms. The highest BCUT2D eigenvalue weighted by Crippen LogP contribution is 2.40. The van der Waals surface area contributed by atoms with Gasteiger partial charge in [-0.1, -0.05) is 30.3 Å². The van der Waals surface area contributed by atoms with E-state index in [-0.39, 0.29) is 85.8 Å². The van der Waals surface area contributed by atoms with Crippen molar-refractivity contribution in [1.29, 1.82) is 5.26 Å². The van der Waals surface area contributed by atoms with Gasteiger partial charge in [-0.25, -0.2) is 13.9 Å². The molecule has 0 unspecified atom stereocenters. The number of hydrogen-bond donors (Lipinski definition) is 1. The minimum absolute atomic E-state index is 0.110. The van der Waals surface area contributed by atoms with Crippen LogP contribution in [0.5, 0.6) is 0 Å². The maximum absolute atomic E-state index is 15.5. The standard InChI is InChI=1S/C44H38F5N7O5S/c1-43(2)41(60)55(29-12-11-28(24-50)34(22-29)44(47,48)49)42(62)56(43)30-13-10-27(36(46)23-30)6-5-19-61-25-38(57)53-15-17-54(18-16-53)40(59)33-20-26(9-14-35(33)45)21-37-31-7-3-4-8-32(31)39(58)52-51-37/h3-4,7-14,20,22-23H,5-6,15-19,21,25H2,1-2H3,(H,52,58). The molecular weight excluding hydrogens is 834 g/mol. The van der Waals surface area contributed by atoms with Crippen molar-refractivity contribution in [3.8, 4) is 6.07 Å². The number of carbonyl (C=O) groups excluding carboxylic acids is 3. The largest absolute Gasteiger partial charge is 0.417 e. The smallest absolute Gasteiger partial charge is 0.372 e. The van der Waals surface area contributed by atoms with E-state index < -0.39 is 46.3 Å². The number of nitrogens with zero attached hydrogens (tertiary/aromatic N) is 6. The van der Waals surface area contributed by atoms with Crippen molar-refractivity contribution in [2.75, 3.05) is 49.2 Å². The van der Waals surface area contributed by atoms with Crippen molar-refractivity contribution in [2.24, 2.45) is 0 Å². The number of H-pyrrole nitrogens is 1. The molecule has 62 heavy (non-hydrogen) atoms. The van der Waals surface area contributed by atoms with Crippen molar-refractivity contribution in [2.45, 2.75) is 44.8 Å². The Morgan fingerprint density at radius 3 is 2.29 bits per heavy atom. The van der Waals surface area contributed by atoms with Gasteiger partial charge in [-0.2, -0.15) is 23.5 Å². The molecule has 0 radical (unpaired) electrons. The maximum Gasteiger partial charge on any atom is 0.417 e. The summed E-state index contributed by atoms with van der Waals surface area (Å²) in [6.07, 6.45) is -4.02. The summed E-state index contributed by atoms with van der Waals surface area (Å²) < 4.78 is 77.1. The van der Waals surface area contributed by atoms with Crippen LogP contribution in [0.25, 0.3) is 10.8 Å². The zero-order valence-electron chi connectivity index (χ0n) is 33.4. The third kappa shape index (κ3) is 8.63. The summed E-state index contributed by atoms with van der Waals surface area (Å²) >= 11 is 5.55. The Hall–Kier alpha value is -6.58. The lowest BCUT2D eigenvalue weighted by Gasteiger charge is -2.34. The molecule has 2 aliphatic rings. The van der Waals surface area contributed by atoms with Crippen molar-refractivity contribution >= 4 is 57.2 Å². The number of nitrogens with one attached hydrogen (secondary N) is 1. The molecule has 0 saturated carbocycles. The van der Waals surface area contributed by atoms with Crippen LogP contribution in [0, 0.1) is 23.0 Å². The minimum atomic E-state index is -4.86. The topological polar surface area (TPSA) is 143 Å². The molecule has 1 aromatic heterocycles. The third-order valence-electron chi connectivity index (χ3n) is 10.9. The third-order valence-corrected chi connectivity index (χ3v) is 11.3. The zero-order valence-corrected chi connectivity index (χ0v) is 34.2. The SMILES string of the molecule is CC1(C)C(=O)N(c2ccc(C#N)c(C(F)(F)F)c2)C(=S)N1c1ccc(CCCOCC(=O)N2CCN(C(=O)c3cc(Cc4n[nH]c(=O)c5ccccc45)ccc3F)CC2)c(F)c1. The quantitative estimate of drug-likeness (QED) is 0.0891. The van der Waals surface area contributed by atoms with Crippen LogP contribution in [-0.2, 0) is 33.3 Å². The van der Waals surface area contributed by atoms with E-state index in [4.69, 9.17) is 17.0 Å². The molecule has 2 saturated heterocycles. The predicted octanol–water partition coefficient (Wildman–Crippen LogP) is 6.53. The molecule has 7 rings (SSSR count). The van der Waals surface area contributed by atoms with Crippen LogP contribution < -0.4 is 15.4 Å². The summed E-state index contributed by atoms with van der Waals surface area (Å²) in [7, 11) is 0. The first-order valence-electron chi connectivity index (χ1n) is 19.5. The molecule has 320 valence electrons. The van der Waals surface area contributed by atoms with Gasteiger partial charge in [0.1, 0.15) is 23.8 Å². The lowest BCUT2D eigenvalue weighted by molar-refractivity contribution is -0.138. The van der Waals surface area contributed by atoms with Crippen LogP contribution in [0.3, 0.4) is 0 Å². The van der Waals surface area contributed by atoms with Gasteiger partial charge in [0.05, 0.1) is 39.5 Å². The Labute approximate surface area is 357 Å². The summed E-state index contributed by atoms with van der Waals surface area (Å²) in [5, 5.41) is 16.8. The van der Waals surface area contributed by atoms with Gasteiger partial charge in [0, 0.05) is 50.3 Å². The summed E-state index contributed by atoms with van der Waals surface area (Å²) in [4.78, 5) is 57.4. The van der Waals surface area contributed by atoms with E-state index >= 15 is 4.39 Å². The molecule has 18 heteroatoms. The summed E-state index contributed by atoms with van der Waals surface area (Å²) in [6.45, 7) is 3.69. The van der Waals surface area contributed by atoms with E-state index in [1.165, 1.54) is 60.0 Å². The van der Waals surface area contributed by atoms with Gasteiger partial charge in [0.2, 0.25) is 5.91 Å². The predicted molar refractivity (Wildman–Crippen MR) is 222 cm³/mol. The number of fused-ring (bicyclic) bond motifs is 1. The first-order valence-corrected chi connectivity index (χ1v) is 19.9. The number of halogens is 5. The number of nitriles is 1. The molecule has 4 aromatic carbocycles. The minimum Gasteiger partial charge on any atom is -0.372 e. The van der Waals surface area contributed by atoms with Gasteiger partial charge in [-0.15, -0.1) is 0 Å². The van der Waals surface area contributed by atoms with Crippen LogP contribution in [-0.4, -0.2) is 87.8 Å². The number of aromatic amines is 1. The van der Waals surface area contributed by atoms with Crippen molar-refractivity contribution < 1.29 is 41.1 Å². The molecule has 5 aromatic rings. The molecule has 0 aliphatic carbocycles. The summed E-state index contributed by atoms with van der Waals surface area (Å²) in [5.41, 5.74) is -2.11. The highest BCUT2D eigenvalue weighted by atomic mass is 32.1. The van der Waals surface area contributed by atoms with E-state index in [0.717, 1.165) is 11.0 Å². The first-order chi connectivity index (χ1) is 29.5. The van der Waals surface area contributed by atoms with Crippen molar-refractivity contribution in [3.63, 3.8) is 0 Å². The molecule has 3 amide bonds. The van der Waals surface area contributed by atoms with Crippen molar-refractivity contribution in [1.82, 2.24) is 20.0 Å². The zero-order chi connectivity index (χ0) is 44.5. The van der Waals surface area contributed by atoms with Gasteiger partial charge in [-0.05, 0) is 98.6 Å². The Balaban J connectivity index is 0.887. The normalized spacial score (nSPS) is 15.4. The highest BCUT2D eigenvalue weighted by molar-refractivity contribution is 7.81. The van der Waals surface area contributed by atoms with Gasteiger partial charge in [-0.3, -0.25) is 24.1 Å². The Kier molecular flexibility index (Phi) is 12.2. The molecule has 1 N–H and O–H groups in total. The van der Waals surface area contributed by atoms with Gasteiger partial charge < -0.3 is 19.4 Å². The number of piperazine rings is 1. The average Bonchev–Trinajstić information content (AvgIpc) is 3.43. The van der Waals surface area contributed by atoms with Crippen LogP contribution >= 0.6 is 12.2 Å². The molecule has 12 nitrogen and oxygen atoms in total. The number of aryl methyl sites for hydroxylation is 1. The highest BCUT2D eigenvalue weighted by Gasteiger charge is 2.51. The number of alkyl halides is 3. The molecule has 0 atom stereocenters. The Morgan fingerprint density at radius 1 is 0.903 bits per heavy atom. The average molecular weight is 872 g/mol. The summed E-state index contributed by atoms with van der Waals surface area (Å²) in [5.74, 6) is -2.75. The van der Waals surface area contributed by atoms with Gasteiger partial charge >= 0.3 is 6.18 Å². The van der Waals surface area contributed by atoms with Gasteiger partial charge in [0.15, 0.2) is 5.11 Å². The van der Waals surface area contributed by atoms with E-state index in [2.05, 4.69) is 10.2 Å². The van der Waals surface area contributed by atoms with Crippen LogP contribution in [0.4, 0.5) is 33.3 Å². The second-order valence-corrected chi connectivity index (χ2v) is 15.7. The van der Waals surface area contributed by atoms with E-state index in [1.54, 1.807) is 41.3 Å². The Bertz CT molecular complexity index is 2710. The fraction of sp³-hybridized carbons (Fsp3) is 0.295. The monoisotopic (exact) mass is 871 g/mol. The Morgan fingerprint density at radius 2 is 1.60 bits per heavy atom. The molecule has 2 fully saturated rings. The lowest BCUT2D eigenvalue weighted by Crippen LogP contribution is -2.51. The van der Waals surface area contributed by atoms with E-state index in [1.807, 2.05) is 0 Å². The fourth-order valence-corrected chi connectivity index (χ4v) is 8.15. The number of aromatic nitrogens is 2. The van der Waals surface area contributed by atoms with Crippen molar-refractivity contribution in [3.05, 3.63) is 134 Å². The number of thiocarbonyl (C=S) groups is 1. The second kappa shape index (κ2) is 17.4. The number of benzene rings is 4. The van der Waals surface area contributed by atoms with E-state index in [9.17, 15) is 42.0 Å². The number of rotatable bonds is 11. The summed E-state index contributed by atoms with van der Waals surface area (Å²) in [6, 6.07) is 19.9. The molecule has 3 heterocycles. The molecular formula is C44H38F5N7O5S. The lowest BCUT2D eigenvalue weighted by atomic mass is 10.0. The number of ether oxygens (including phenoxy) is 1. The number of amides is 3. The molecule has 2 aliphatic heterocycles. The first kappa shape index (κ1) is 43.5. The number of carbonyl (C=O) groups is 3. The van der Waals surface area contributed by atoms with E-state index in [0.29, 0.717) is 40.1 Å². The van der Waals surface area contributed by atoms with Gasteiger partial charge in [0.25, 0.3) is 17.4 Å². The number of hydrogen-bond acceptors (Lipinski definition) is 8.